The summed E-state index contributed by atoms with van der Waals surface area (Å²) in [7, 11) is 0. The van der Waals surface area contributed by atoms with Gasteiger partial charge in [-0.25, -0.2) is 0 Å². The normalized spacial score (nSPS) is 12.0. The molecule has 2 N–H and O–H groups in total. The number of nitrogens with one attached hydrogen (secondary N) is 2. The zero-order chi connectivity index (χ0) is 15.2. The predicted octanol–water partition coefficient (Wildman–Crippen LogP) is 3.53. The number of anilines is 1. The second-order valence-corrected chi connectivity index (χ2v) is 5.65. The lowest BCUT2D eigenvalue weighted by Gasteiger charge is -2.13. The first-order valence-corrected chi connectivity index (χ1v) is 7.65. The molecule has 5 nitrogen and oxygen atoms in total. The standard InChI is InChI=1S/C15H18BrN3O2/c1-3-4-12-9-14(19-18-12)17-15(20)10(2)21-13-7-5-11(16)6-8-13/h5-10H,3-4H2,1-2H3,(H2,17,18,19,20). The molecule has 0 aliphatic carbocycles. The van der Waals surface area contributed by atoms with Crippen LogP contribution in [0.1, 0.15) is 26.0 Å². The first kappa shape index (κ1) is 15.6. The monoisotopic (exact) mass is 351 g/mol. The number of halogens is 1. The highest BCUT2D eigenvalue weighted by Gasteiger charge is 2.16. The number of aromatic amines is 1. The summed E-state index contributed by atoms with van der Waals surface area (Å²) in [5.41, 5.74) is 1.01. The molecule has 0 aliphatic heterocycles. The fraction of sp³-hybridized carbons (Fsp3) is 0.333. The largest absolute Gasteiger partial charge is 0.481 e. The molecule has 1 unspecified atom stereocenters. The number of aromatic nitrogens is 2. The minimum Gasteiger partial charge on any atom is -0.481 e. The van der Waals surface area contributed by atoms with E-state index in [4.69, 9.17) is 4.74 Å². The fourth-order valence-electron chi connectivity index (χ4n) is 1.82. The minimum absolute atomic E-state index is 0.229. The fourth-order valence-corrected chi connectivity index (χ4v) is 2.09. The number of hydrogen-bond acceptors (Lipinski definition) is 3. The van der Waals surface area contributed by atoms with Gasteiger partial charge in [0.1, 0.15) is 5.75 Å². The van der Waals surface area contributed by atoms with Crippen LogP contribution in [-0.2, 0) is 11.2 Å². The molecular weight excluding hydrogens is 334 g/mol. The molecular formula is C15H18BrN3O2. The van der Waals surface area contributed by atoms with Crippen molar-refractivity contribution in [1.29, 1.82) is 0 Å². The van der Waals surface area contributed by atoms with Crippen molar-refractivity contribution >= 4 is 27.7 Å². The maximum absolute atomic E-state index is 12.1. The highest BCUT2D eigenvalue weighted by Crippen LogP contribution is 2.17. The van der Waals surface area contributed by atoms with Crippen molar-refractivity contribution in [2.75, 3.05) is 5.32 Å². The third-order valence-electron chi connectivity index (χ3n) is 2.90. The first-order valence-electron chi connectivity index (χ1n) is 6.86. The van der Waals surface area contributed by atoms with Gasteiger partial charge in [0.05, 0.1) is 0 Å². The molecule has 0 spiro atoms. The number of carbonyl (C=O) groups excluding carboxylic acids is 1. The Morgan fingerprint density at radius 3 is 2.81 bits per heavy atom. The summed E-state index contributed by atoms with van der Waals surface area (Å²) >= 11 is 3.35. The Hall–Kier alpha value is -1.82. The third-order valence-corrected chi connectivity index (χ3v) is 3.43. The van der Waals surface area contributed by atoms with E-state index in [9.17, 15) is 4.79 Å². The summed E-state index contributed by atoms with van der Waals surface area (Å²) in [5, 5.41) is 9.69. The van der Waals surface area contributed by atoms with Crippen LogP contribution in [0.3, 0.4) is 0 Å². The molecule has 1 atom stereocenters. The van der Waals surface area contributed by atoms with Crippen LogP contribution >= 0.6 is 15.9 Å². The molecule has 21 heavy (non-hydrogen) atoms. The third kappa shape index (κ3) is 4.60. The number of rotatable bonds is 6. The zero-order valence-electron chi connectivity index (χ0n) is 12.0. The molecule has 0 fully saturated rings. The zero-order valence-corrected chi connectivity index (χ0v) is 13.6. The Kier molecular flexibility index (Phi) is 5.38. The van der Waals surface area contributed by atoms with Gasteiger partial charge in [-0.15, -0.1) is 0 Å². The van der Waals surface area contributed by atoms with Crippen LogP contribution in [0.5, 0.6) is 5.75 Å². The van der Waals surface area contributed by atoms with E-state index in [1.807, 2.05) is 30.3 Å². The van der Waals surface area contributed by atoms with Gasteiger partial charge in [0, 0.05) is 16.2 Å². The summed E-state index contributed by atoms with van der Waals surface area (Å²) in [6.07, 6.45) is 1.34. The van der Waals surface area contributed by atoms with Crippen molar-refractivity contribution in [2.45, 2.75) is 32.8 Å². The quantitative estimate of drug-likeness (QED) is 0.836. The van der Waals surface area contributed by atoms with Crippen LogP contribution in [0.25, 0.3) is 0 Å². The second kappa shape index (κ2) is 7.26. The van der Waals surface area contributed by atoms with E-state index in [0.29, 0.717) is 11.6 Å². The van der Waals surface area contributed by atoms with E-state index in [-0.39, 0.29) is 5.91 Å². The number of H-pyrrole nitrogens is 1. The van der Waals surface area contributed by atoms with E-state index in [1.54, 1.807) is 6.92 Å². The Bertz CT molecular complexity index is 595. The van der Waals surface area contributed by atoms with Crippen LogP contribution < -0.4 is 10.1 Å². The van der Waals surface area contributed by atoms with Crippen molar-refractivity contribution < 1.29 is 9.53 Å². The summed E-state index contributed by atoms with van der Waals surface area (Å²) in [6, 6.07) is 9.19. The number of benzene rings is 1. The average Bonchev–Trinajstić information content (AvgIpc) is 2.89. The second-order valence-electron chi connectivity index (χ2n) is 4.73. The first-order chi connectivity index (χ1) is 10.1. The topological polar surface area (TPSA) is 67.0 Å². The van der Waals surface area contributed by atoms with Crippen LogP contribution in [0.2, 0.25) is 0 Å². The lowest BCUT2D eigenvalue weighted by molar-refractivity contribution is -0.122. The van der Waals surface area contributed by atoms with E-state index in [1.165, 1.54) is 0 Å². The van der Waals surface area contributed by atoms with Gasteiger partial charge in [-0.3, -0.25) is 9.89 Å². The Morgan fingerprint density at radius 1 is 1.43 bits per heavy atom. The Morgan fingerprint density at radius 2 is 2.14 bits per heavy atom. The molecule has 112 valence electrons. The molecule has 1 amide bonds. The highest BCUT2D eigenvalue weighted by molar-refractivity contribution is 9.10. The number of hydrogen-bond donors (Lipinski definition) is 2. The predicted molar refractivity (Wildman–Crippen MR) is 85.4 cm³/mol. The van der Waals surface area contributed by atoms with Crippen molar-refractivity contribution in [2.24, 2.45) is 0 Å². The molecule has 0 bridgehead atoms. The van der Waals surface area contributed by atoms with Gasteiger partial charge >= 0.3 is 0 Å². The van der Waals surface area contributed by atoms with Crippen LogP contribution in [0.15, 0.2) is 34.8 Å². The molecule has 2 aromatic rings. The van der Waals surface area contributed by atoms with Crippen LogP contribution in [0.4, 0.5) is 5.82 Å². The van der Waals surface area contributed by atoms with Gasteiger partial charge in [0.15, 0.2) is 11.9 Å². The highest BCUT2D eigenvalue weighted by atomic mass is 79.9. The number of ether oxygens (including phenoxy) is 1. The van der Waals surface area contributed by atoms with E-state index in [0.717, 1.165) is 23.0 Å². The Labute approximate surface area is 132 Å². The molecule has 0 saturated carbocycles. The maximum atomic E-state index is 12.1. The molecule has 0 saturated heterocycles. The van der Waals surface area contributed by atoms with Crippen molar-refractivity contribution in [3.05, 3.63) is 40.5 Å². The van der Waals surface area contributed by atoms with Gasteiger partial charge in [0.25, 0.3) is 5.91 Å². The van der Waals surface area contributed by atoms with Crippen molar-refractivity contribution in [1.82, 2.24) is 10.2 Å². The number of aryl methyl sites for hydroxylation is 1. The van der Waals surface area contributed by atoms with Gasteiger partial charge in [-0.05, 0) is 37.6 Å². The molecule has 1 aromatic heterocycles. The van der Waals surface area contributed by atoms with Crippen LogP contribution in [-0.4, -0.2) is 22.2 Å². The summed E-state index contributed by atoms with van der Waals surface area (Å²) in [6.45, 7) is 3.80. The lowest BCUT2D eigenvalue weighted by atomic mass is 10.2. The average molecular weight is 352 g/mol. The molecule has 1 aromatic carbocycles. The Balaban J connectivity index is 1.90. The van der Waals surface area contributed by atoms with Gasteiger partial charge < -0.3 is 10.1 Å². The summed E-state index contributed by atoms with van der Waals surface area (Å²) in [5.74, 6) is 0.941. The van der Waals surface area contributed by atoms with Gasteiger partial charge in [-0.1, -0.05) is 29.3 Å². The van der Waals surface area contributed by atoms with E-state index < -0.39 is 6.10 Å². The smallest absolute Gasteiger partial charge is 0.266 e. The summed E-state index contributed by atoms with van der Waals surface area (Å²) < 4.78 is 6.55. The molecule has 6 heteroatoms. The van der Waals surface area contributed by atoms with Gasteiger partial charge in [0.2, 0.25) is 0 Å². The molecule has 2 rings (SSSR count). The molecule has 0 radical (unpaired) electrons. The summed E-state index contributed by atoms with van der Waals surface area (Å²) in [4.78, 5) is 12.1. The minimum atomic E-state index is -0.600. The van der Waals surface area contributed by atoms with Crippen molar-refractivity contribution in [3.63, 3.8) is 0 Å². The van der Waals surface area contributed by atoms with Gasteiger partial charge in [-0.2, -0.15) is 5.10 Å². The van der Waals surface area contributed by atoms with Crippen molar-refractivity contribution in [3.8, 4) is 5.75 Å². The lowest BCUT2D eigenvalue weighted by Crippen LogP contribution is -2.30. The van der Waals surface area contributed by atoms with E-state index in [2.05, 4.69) is 38.4 Å². The number of amides is 1. The van der Waals surface area contributed by atoms with Crippen LogP contribution in [0, 0.1) is 0 Å². The maximum Gasteiger partial charge on any atom is 0.266 e. The molecule has 1 heterocycles. The van der Waals surface area contributed by atoms with E-state index >= 15 is 0 Å². The number of nitrogens with zero attached hydrogens (tertiary/aromatic N) is 1. The SMILES string of the molecule is CCCc1cc(NC(=O)C(C)Oc2ccc(Br)cc2)n[nH]1. The molecule has 0 aliphatic rings. The number of carbonyl (C=O) groups is 1.